The van der Waals surface area contributed by atoms with Gasteiger partial charge in [0.2, 0.25) is 0 Å². The molecule has 1 rings (SSSR count). The SMILES string of the molecule is CCC1(CC)CN(C(=O)OC(C)(C)C)CC=C1OS(=O)(=O)C(F)(F)F. The molecule has 0 aliphatic carbocycles. The van der Waals surface area contributed by atoms with Crippen molar-refractivity contribution in [3.63, 3.8) is 0 Å². The smallest absolute Gasteiger partial charge is 0.444 e. The number of hydrogen-bond acceptors (Lipinski definition) is 5. The summed E-state index contributed by atoms with van der Waals surface area (Å²) in [6.07, 6.45) is 1.17. The molecule has 10 heteroatoms. The first-order chi connectivity index (χ1) is 11.2. The molecule has 0 saturated heterocycles. The van der Waals surface area contributed by atoms with Crippen LogP contribution in [0.3, 0.4) is 0 Å². The summed E-state index contributed by atoms with van der Waals surface area (Å²) in [6.45, 7) is 8.39. The zero-order chi connectivity index (χ0) is 19.7. The first kappa shape index (κ1) is 21.6. The minimum atomic E-state index is -5.76. The fourth-order valence-corrected chi connectivity index (χ4v) is 3.07. The molecule has 6 nitrogen and oxygen atoms in total. The molecular weight excluding hydrogens is 363 g/mol. The topological polar surface area (TPSA) is 72.9 Å². The molecule has 146 valence electrons. The Morgan fingerprint density at radius 2 is 1.76 bits per heavy atom. The Labute approximate surface area is 146 Å². The van der Waals surface area contributed by atoms with Crippen LogP contribution in [0.5, 0.6) is 0 Å². The molecule has 0 saturated carbocycles. The van der Waals surface area contributed by atoms with Crippen LogP contribution in [0.1, 0.15) is 47.5 Å². The van der Waals surface area contributed by atoms with E-state index >= 15 is 0 Å². The van der Waals surface area contributed by atoms with E-state index in [9.17, 15) is 26.4 Å². The van der Waals surface area contributed by atoms with E-state index in [1.165, 1.54) is 11.0 Å². The van der Waals surface area contributed by atoms with Gasteiger partial charge in [-0.2, -0.15) is 21.6 Å². The normalized spacial score (nSPS) is 18.6. The van der Waals surface area contributed by atoms with Gasteiger partial charge in [0, 0.05) is 18.5 Å². The van der Waals surface area contributed by atoms with Gasteiger partial charge in [-0.15, -0.1) is 0 Å². The Balaban J connectivity index is 3.13. The van der Waals surface area contributed by atoms with Gasteiger partial charge in [-0.25, -0.2) is 4.79 Å². The zero-order valence-corrected chi connectivity index (χ0v) is 15.8. The van der Waals surface area contributed by atoms with Gasteiger partial charge in [0.15, 0.2) is 0 Å². The predicted molar refractivity (Wildman–Crippen MR) is 85.0 cm³/mol. The van der Waals surface area contributed by atoms with Crippen LogP contribution in [0.2, 0.25) is 0 Å². The van der Waals surface area contributed by atoms with Crippen molar-refractivity contribution in [2.45, 2.75) is 58.6 Å². The summed E-state index contributed by atoms with van der Waals surface area (Å²) in [5, 5.41) is 0. The van der Waals surface area contributed by atoms with E-state index in [4.69, 9.17) is 4.74 Å². The van der Waals surface area contributed by atoms with Gasteiger partial charge in [0.25, 0.3) is 0 Å². The third-order valence-corrected chi connectivity index (χ3v) is 4.97. The summed E-state index contributed by atoms with van der Waals surface area (Å²) in [7, 11) is -5.76. The van der Waals surface area contributed by atoms with Crippen LogP contribution < -0.4 is 0 Å². The van der Waals surface area contributed by atoms with Crippen LogP contribution in [0, 0.1) is 5.41 Å². The van der Waals surface area contributed by atoms with E-state index in [0.717, 1.165) is 0 Å². The minimum absolute atomic E-state index is 0.00806. The molecule has 0 aromatic heterocycles. The largest absolute Gasteiger partial charge is 0.534 e. The summed E-state index contributed by atoms with van der Waals surface area (Å²) in [6, 6.07) is 0. The van der Waals surface area contributed by atoms with E-state index in [2.05, 4.69) is 4.18 Å². The van der Waals surface area contributed by atoms with Gasteiger partial charge in [-0.05, 0) is 39.7 Å². The molecule has 0 unspecified atom stereocenters. The van der Waals surface area contributed by atoms with E-state index in [0.29, 0.717) is 12.8 Å². The summed E-state index contributed by atoms with van der Waals surface area (Å²) in [5.41, 5.74) is -7.27. The number of carbonyl (C=O) groups is 1. The van der Waals surface area contributed by atoms with Crippen LogP contribution in [0.25, 0.3) is 0 Å². The Morgan fingerprint density at radius 1 is 1.24 bits per heavy atom. The zero-order valence-electron chi connectivity index (χ0n) is 14.9. The highest BCUT2D eigenvalue weighted by Gasteiger charge is 2.51. The maximum Gasteiger partial charge on any atom is 0.534 e. The average molecular weight is 387 g/mol. The molecule has 0 atom stereocenters. The van der Waals surface area contributed by atoms with E-state index in [1.54, 1.807) is 34.6 Å². The number of amides is 1. The van der Waals surface area contributed by atoms with Gasteiger partial charge in [0.1, 0.15) is 11.4 Å². The molecule has 0 fully saturated rings. The van der Waals surface area contributed by atoms with Gasteiger partial charge in [-0.1, -0.05) is 13.8 Å². The number of nitrogens with zero attached hydrogens (tertiary/aromatic N) is 1. The lowest BCUT2D eigenvalue weighted by atomic mass is 9.78. The maximum atomic E-state index is 12.6. The average Bonchev–Trinajstić information content (AvgIpc) is 2.44. The van der Waals surface area contributed by atoms with Crippen LogP contribution >= 0.6 is 0 Å². The highest BCUT2D eigenvalue weighted by Crippen LogP contribution is 2.42. The standard InChI is InChI=1S/C15H24F3NO5S/c1-6-14(7-2)10-19(12(20)23-13(3,4)5)9-8-11(14)24-25(21,22)15(16,17)18/h8H,6-7,9-10H2,1-5H3. The summed E-state index contributed by atoms with van der Waals surface area (Å²) in [5.74, 6) is -0.283. The molecule has 0 bridgehead atoms. The van der Waals surface area contributed by atoms with Crippen molar-refractivity contribution in [3.8, 4) is 0 Å². The highest BCUT2D eigenvalue weighted by molar-refractivity contribution is 7.87. The van der Waals surface area contributed by atoms with Crippen molar-refractivity contribution in [2.24, 2.45) is 5.41 Å². The molecular formula is C15H24F3NO5S. The van der Waals surface area contributed by atoms with Gasteiger partial charge < -0.3 is 13.8 Å². The third kappa shape index (κ3) is 5.02. The fourth-order valence-electron chi connectivity index (χ4n) is 2.49. The fraction of sp³-hybridized carbons (Fsp3) is 0.800. The molecule has 1 aliphatic rings. The second-order valence-corrected chi connectivity index (χ2v) is 8.44. The minimum Gasteiger partial charge on any atom is -0.444 e. The number of carbonyl (C=O) groups excluding carboxylic acids is 1. The first-order valence-corrected chi connectivity index (χ1v) is 9.27. The van der Waals surface area contributed by atoms with Crippen molar-refractivity contribution in [1.29, 1.82) is 0 Å². The Morgan fingerprint density at radius 3 is 2.16 bits per heavy atom. The van der Waals surface area contributed by atoms with Crippen molar-refractivity contribution in [1.82, 2.24) is 4.90 Å². The summed E-state index contributed by atoms with van der Waals surface area (Å²) >= 11 is 0. The number of rotatable bonds is 4. The Hall–Kier alpha value is -1.45. The lowest BCUT2D eigenvalue weighted by molar-refractivity contribution is -0.0543. The highest BCUT2D eigenvalue weighted by atomic mass is 32.2. The van der Waals surface area contributed by atoms with E-state index < -0.39 is 32.7 Å². The van der Waals surface area contributed by atoms with Crippen molar-refractivity contribution < 1.29 is 35.3 Å². The Bertz CT molecular complexity index is 631. The quantitative estimate of drug-likeness (QED) is 0.542. The molecule has 25 heavy (non-hydrogen) atoms. The van der Waals surface area contributed by atoms with Gasteiger partial charge >= 0.3 is 21.7 Å². The second kappa shape index (κ2) is 7.05. The molecule has 1 heterocycles. The lowest BCUT2D eigenvalue weighted by Crippen LogP contribution is -2.48. The number of halogens is 3. The van der Waals surface area contributed by atoms with Crippen molar-refractivity contribution in [3.05, 3.63) is 11.8 Å². The number of alkyl halides is 3. The molecule has 0 aromatic carbocycles. The molecule has 1 amide bonds. The summed E-state index contributed by atoms with van der Waals surface area (Å²) in [4.78, 5) is 13.5. The molecule has 0 N–H and O–H groups in total. The van der Waals surface area contributed by atoms with Crippen molar-refractivity contribution >= 4 is 16.2 Å². The van der Waals surface area contributed by atoms with Gasteiger partial charge in [0.05, 0.1) is 0 Å². The predicted octanol–water partition coefficient (Wildman–Crippen LogP) is 3.79. The summed E-state index contributed by atoms with van der Waals surface area (Å²) < 4.78 is 70.2. The maximum absolute atomic E-state index is 12.6. The molecule has 0 aromatic rings. The third-order valence-electron chi connectivity index (χ3n) is 4.00. The van der Waals surface area contributed by atoms with Crippen LogP contribution in [0.4, 0.5) is 18.0 Å². The van der Waals surface area contributed by atoms with Crippen LogP contribution in [-0.2, 0) is 19.0 Å². The first-order valence-electron chi connectivity index (χ1n) is 7.87. The monoisotopic (exact) mass is 387 g/mol. The number of hydrogen-bond donors (Lipinski definition) is 0. The van der Waals surface area contributed by atoms with Crippen LogP contribution in [-0.4, -0.2) is 43.6 Å². The number of ether oxygens (including phenoxy) is 1. The van der Waals surface area contributed by atoms with Gasteiger partial charge in [-0.3, -0.25) is 0 Å². The lowest BCUT2D eigenvalue weighted by Gasteiger charge is -2.41. The second-order valence-electron chi connectivity index (χ2n) is 6.90. The molecule has 0 radical (unpaired) electrons. The van der Waals surface area contributed by atoms with Crippen LogP contribution in [0.15, 0.2) is 11.8 Å². The molecule has 1 aliphatic heterocycles. The molecule has 0 spiro atoms. The van der Waals surface area contributed by atoms with E-state index in [1.807, 2.05) is 0 Å². The van der Waals surface area contributed by atoms with Crippen molar-refractivity contribution in [2.75, 3.05) is 13.1 Å². The Kier molecular flexibility index (Phi) is 6.09. The van der Waals surface area contributed by atoms with E-state index in [-0.39, 0.29) is 18.8 Å².